The van der Waals surface area contributed by atoms with E-state index < -0.39 is 11.7 Å². The Bertz CT molecular complexity index is 582. The molecule has 2 nitrogen and oxygen atoms in total. The van der Waals surface area contributed by atoms with E-state index in [2.05, 4.69) is 0 Å². The fourth-order valence-electron chi connectivity index (χ4n) is 1.59. The van der Waals surface area contributed by atoms with Gasteiger partial charge >= 0.3 is 6.18 Å². The molecule has 2 rings (SSSR count). The van der Waals surface area contributed by atoms with Gasteiger partial charge in [-0.3, -0.25) is 4.42 Å². The summed E-state index contributed by atoms with van der Waals surface area (Å²) < 4.78 is 44.5. The highest BCUT2D eigenvalue weighted by molar-refractivity contribution is 6.25. The number of hydrogen-bond donors (Lipinski definition) is 0. The summed E-state index contributed by atoms with van der Waals surface area (Å²) in [6.45, 7) is 0. The Morgan fingerprint density at radius 1 is 1.00 bits per heavy atom. The normalized spacial score (nSPS) is 11.2. The minimum Gasteiger partial charge on any atom is -0.457 e. The second kappa shape index (κ2) is 5.63. The molecule has 0 aromatic heterocycles. The molecule has 0 radical (unpaired) electrons. The molecule has 0 unspecified atom stereocenters. The molecule has 0 aliphatic heterocycles. The van der Waals surface area contributed by atoms with Crippen molar-refractivity contribution in [1.29, 1.82) is 0 Å². The van der Waals surface area contributed by atoms with Gasteiger partial charge in [-0.05, 0) is 42.5 Å². The van der Waals surface area contributed by atoms with E-state index in [4.69, 9.17) is 16.5 Å². The Hall–Kier alpha value is -1.88. The van der Waals surface area contributed by atoms with Crippen molar-refractivity contribution in [2.24, 2.45) is 0 Å². The molecule has 0 fully saturated rings. The summed E-state index contributed by atoms with van der Waals surface area (Å²) >= 11 is 5.75. The molecule has 0 saturated carbocycles. The van der Waals surface area contributed by atoms with Gasteiger partial charge in [0.1, 0.15) is 11.5 Å². The molecule has 2 aromatic carbocycles. The van der Waals surface area contributed by atoms with Gasteiger partial charge in [-0.25, -0.2) is 0 Å². The quantitative estimate of drug-likeness (QED) is 0.732. The van der Waals surface area contributed by atoms with E-state index in [1.165, 1.54) is 16.6 Å². The summed E-state index contributed by atoms with van der Waals surface area (Å²) in [5.74, 6) is 0.568. The highest BCUT2D eigenvalue weighted by Crippen LogP contribution is 2.33. The second-order valence-corrected chi connectivity index (χ2v) is 4.61. The predicted octanol–water partition coefficient (Wildman–Crippen LogP) is 5.09. The van der Waals surface area contributed by atoms with Crippen molar-refractivity contribution in [3.63, 3.8) is 0 Å². The van der Waals surface area contributed by atoms with Crippen LogP contribution in [0, 0.1) is 0 Å². The molecule has 106 valence electrons. The summed E-state index contributed by atoms with van der Waals surface area (Å²) in [6, 6.07) is 11.4. The standard InChI is InChI=1S/C14H11ClF3NO/c1-19(15)11-5-7-12(8-6-11)20-13-4-2-3-10(9-13)14(16,17)18/h2-9H,1H3. The Labute approximate surface area is 119 Å². The van der Waals surface area contributed by atoms with Crippen molar-refractivity contribution in [3.8, 4) is 11.5 Å². The number of rotatable bonds is 3. The largest absolute Gasteiger partial charge is 0.457 e. The van der Waals surface area contributed by atoms with E-state index in [0.717, 1.165) is 17.8 Å². The Morgan fingerprint density at radius 2 is 1.65 bits per heavy atom. The van der Waals surface area contributed by atoms with Crippen LogP contribution in [0.4, 0.5) is 18.9 Å². The van der Waals surface area contributed by atoms with Gasteiger partial charge in [-0.15, -0.1) is 0 Å². The van der Waals surface area contributed by atoms with E-state index >= 15 is 0 Å². The third-order valence-electron chi connectivity index (χ3n) is 2.59. The summed E-state index contributed by atoms with van der Waals surface area (Å²) in [5, 5.41) is 0. The SMILES string of the molecule is CN(Cl)c1ccc(Oc2cccc(C(F)(F)F)c2)cc1. The van der Waals surface area contributed by atoms with Gasteiger partial charge in [0, 0.05) is 18.8 Å². The molecule has 0 amide bonds. The van der Waals surface area contributed by atoms with Crippen LogP contribution in [0.1, 0.15) is 5.56 Å². The molecule has 0 N–H and O–H groups in total. The third-order valence-corrected chi connectivity index (χ3v) is 2.78. The van der Waals surface area contributed by atoms with Crippen molar-refractivity contribution in [2.45, 2.75) is 6.18 Å². The van der Waals surface area contributed by atoms with Crippen LogP contribution in [0.3, 0.4) is 0 Å². The molecule has 0 heterocycles. The number of halogens is 4. The first-order valence-electron chi connectivity index (χ1n) is 5.71. The first-order chi connectivity index (χ1) is 9.36. The Morgan fingerprint density at radius 3 is 2.20 bits per heavy atom. The molecular formula is C14H11ClF3NO. The van der Waals surface area contributed by atoms with Gasteiger partial charge < -0.3 is 4.74 Å². The van der Waals surface area contributed by atoms with E-state index in [1.807, 2.05) is 0 Å². The fourth-order valence-corrected chi connectivity index (χ4v) is 1.70. The van der Waals surface area contributed by atoms with Crippen LogP contribution in [0.5, 0.6) is 11.5 Å². The topological polar surface area (TPSA) is 12.5 Å². The second-order valence-electron chi connectivity index (χ2n) is 4.10. The van der Waals surface area contributed by atoms with Crippen LogP contribution in [0.25, 0.3) is 0 Å². The smallest absolute Gasteiger partial charge is 0.416 e. The van der Waals surface area contributed by atoms with Crippen molar-refractivity contribution in [3.05, 3.63) is 54.1 Å². The number of ether oxygens (including phenoxy) is 1. The zero-order valence-corrected chi connectivity index (χ0v) is 11.2. The number of hydrogen-bond acceptors (Lipinski definition) is 2. The van der Waals surface area contributed by atoms with Crippen molar-refractivity contribution in [1.82, 2.24) is 0 Å². The molecular weight excluding hydrogens is 291 g/mol. The maximum atomic E-state index is 12.6. The molecule has 0 aliphatic carbocycles. The predicted molar refractivity (Wildman–Crippen MR) is 72.2 cm³/mol. The van der Waals surface area contributed by atoms with Crippen LogP contribution in [-0.4, -0.2) is 7.05 Å². The lowest BCUT2D eigenvalue weighted by molar-refractivity contribution is -0.137. The fraction of sp³-hybridized carbons (Fsp3) is 0.143. The number of nitrogens with zero attached hydrogens (tertiary/aromatic N) is 1. The van der Waals surface area contributed by atoms with Crippen LogP contribution in [0.2, 0.25) is 0 Å². The summed E-state index contributed by atoms with van der Waals surface area (Å²) in [6.07, 6.45) is -4.38. The van der Waals surface area contributed by atoms with E-state index in [-0.39, 0.29) is 5.75 Å². The van der Waals surface area contributed by atoms with Gasteiger partial charge in [-0.1, -0.05) is 6.07 Å². The molecule has 6 heteroatoms. The van der Waals surface area contributed by atoms with Crippen molar-refractivity contribution in [2.75, 3.05) is 11.5 Å². The van der Waals surface area contributed by atoms with Gasteiger partial charge in [0.15, 0.2) is 0 Å². The van der Waals surface area contributed by atoms with E-state index in [9.17, 15) is 13.2 Å². The maximum absolute atomic E-state index is 12.6. The van der Waals surface area contributed by atoms with Crippen molar-refractivity contribution >= 4 is 17.5 Å². The monoisotopic (exact) mass is 301 g/mol. The first-order valence-corrected chi connectivity index (χ1v) is 6.05. The lowest BCUT2D eigenvalue weighted by Crippen LogP contribution is -2.04. The third kappa shape index (κ3) is 3.57. The minimum absolute atomic E-state index is 0.131. The molecule has 0 bridgehead atoms. The van der Waals surface area contributed by atoms with Gasteiger partial charge in [0.2, 0.25) is 0 Å². The minimum atomic E-state index is -4.38. The van der Waals surface area contributed by atoms with Crippen LogP contribution in [0.15, 0.2) is 48.5 Å². The number of alkyl halides is 3. The van der Waals surface area contributed by atoms with Crippen LogP contribution >= 0.6 is 11.8 Å². The molecule has 0 spiro atoms. The highest BCUT2D eigenvalue weighted by atomic mass is 35.5. The molecule has 0 saturated heterocycles. The zero-order valence-electron chi connectivity index (χ0n) is 10.5. The first kappa shape index (κ1) is 14.5. The zero-order chi connectivity index (χ0) is 14.8. The maximum Gasteiger partial charge on any atom is 0.416 e. The van der Waals surface area contributed by atoms with Gasteiger partial charge in [0.05, 0.1) is 11.3 Å². The van der Waals surface area contributed by atoms with Gasteiger partial charge in [-0.2, -0.15) is 13.2 Å². The summed E-state index contributed by atoms with van der Waals surface area (Å²) in [5.41, 5.74) is 0.00942. The summed E-state index contributed by atoms with van der Waals surface area (Å²) in [4.78, 5) is 0. The molecule has 0 aliphatic rings. The lowest BCUT2D eigenvalue weighted by atomic mass is 10.2. The number of anilines is 1. The van der Waals surface area contributed by atoms with Crippen LogP contribution < -0.4 is 9.16 Å². The van der Waals surface area contributed by atoms with Crippen molar-refractivity contribution < 1.29 is 17.9 Å². The number of benzene rings is 2. The highest BCUT2D eigenvalue weighted by Gasteiger charge is 2.30. The molecule has 2 aromatic rings. The van der Waals surface area contributed by atoms with E-state index in [0.29, 0.717) is 5.75 Å². The van der Waals surface area contributed by atoms with Crippen LogP contribution in [-0.2, 0) is 6.18 Å². The Kier molecular flexibility index (Phi) is 4.09. The Balaban J connectivity index is 2.18. The lowest BCUT2D eigenvalue weighted by Gasteiger charge is -2.12. The average molecular weight is 302 g/mol. The molecule has 20 heavy (non-hydrogen) atoms. The van der Waals surface area contributed by atoms with E-state index in [1.54, 1.807) is 31.3 Å². The molecule has 0 atom stereocenters. The van der Waals surface area contributed by atoms with Gasteiger partial charge in [0.25, 0.3) is 0 Å². The average Bonchev–Trinajstić information content (AvgIpc) is 2.38. The summed E-state index contributed by atoms with van der Waals surface area (Å²) in [7, 11) is 1.67.